The third-order valence-electron chi connectivity index (χ3n) is 1.66. The SMILES string of the molecule is CCCCCC(=NOC(=O)NC)SC. The van der Waals surface area contributed by atoms with E-state index in [-0.39, 0.29) is 0 Å². The molecule has 0 aromatic rings. The second kappa shape index (κ2) is 8.87. The average molecular weight is 218 g/mol. The molecule has 0 radical (unpaired) electrons. The standard InChI is InChI=1S/C9H18N2O2S/c1-4-5-6-7-8(14-3)11-13-9(12)10-2/h4-7H2,1-3H3,(H,10,12). The molecule has 0 saturated heterocycles. The summed E-state index contributed by atoms with van der Waals surface area (Å²) in [6.45, 7) is 2.15. The van der Waals surface area contributed by atoms with Gasteiger partial charge in [0.25, 0.3) is 0 Å². The van der Waals surface area contributed by atoms with Crippen LogP contribution in [-0.2, 0) is 4.84 Å². The summed E-state index contributed by atoms with van der Waals surface area (Å²) in [5, 5.41) is 6.95. The molecule has 0 heterocycles. The number of nitrogens with zero attached hydrogens (tertiary/aromatic N) is 1. The number of thioether (sulfide) groups is 1. The molecule has 0 aliphatic heterocycles. The Morgan fingerprint density at radius 2 is 2.21 bits per heavy atom. The molecule has 0 aromatic carbocycles. The van der Waals surface area contributed by atoms with E-state index in [4.69, 9.17) is 0 Å². The van der Waals surface area contributed by atoms with Gasteiger partial charge in [0.15, 0.2) is 0 Å². The number of amides is 1. The summed E-state index contributed by atoms with van der Waals surface area (Å²) in [4.78, 5) is 15.3. The van der Waals surface area contributed by atoms with Crippen LogP contribution < -0.4 is 5.32 Å². The molecule has 4 nitrogen and oxygen atoms in total. The predicted molar refractivity (Wildman–Crippen MR) is 60.6 cm³/mol. The van der Waals surface area contributed by atoms with Crippen molar-refractivity contribution in [1.29, 1.82) is 0 Å². The molecule has 0 aliphatic rings. The van der Waals surface area contributed by atoms with Gasteiger partial charge in [-0.15, -0.1) is 11.8 Å². The Balaban J connectivity index is 3.80. The van der Waals surface area contributed by atoms with Crippen molar-refractivity contribution in [2.45, 2.75) is 32.6 Å². The largest absolute Gasteiger partial charge is 0.433 e. The molecular weight excluding hydrogens is 200 g/mol. The molecule has 0 unspecified atom stereocenters. The Labute approximate surface area is 89.5 Å². The summed E-state index contributed by atoms with van der Waals surface area (Å²) in [6.07, 6.45) is 5.74. The topological polar surface area (TPSA) is 50.7 Å². The van der Waals surface area contributed by atoms with Crippen molar-refractivity contribution in [1.82, 2.24) is 5.32 Å². The summed E-state index contributed by atoms with van der Waals surface area (Å²) < 4.78 is 0. The van der Waals surface area contributed by atoms with Crippen molar-refractivity contribution in [3.05, 3.63) is 0 Å². The highest BCUT2D eigenvalue weighted by atomic mass is 32.2. The fraction of sp³-hybridized carbons (Fsp3) is 0.778. The molecule has 0 fully saturated rings. The van der Waals surface area contributed by atoms with E-state index in [0.717, 1.165) is 17.9 Å². The number of hydrogen-bond acceptors (Lipinski definition) is 4. The van der Waals surface area contributed by atoms with Gasteiger partial charge in [0, 0.05) is 7.05 Å². The molecule has 0 aromatic heterocycles. The normalized spacial score (nSPS) is 11.2. The van der Waals surface area contributed by atoms with E-state index >= 15 is 0 Å². The number of rotatable bonds is 5. The predicted octanol–water partition coefficient (Wildman–Crippen LogP) is 2.60. The third-order valence-corrected chi connectivity index (χ3v) is 2.41. The molecule has 0 rings (SSSR count). The van der Waals surface area contributed by atoms with Crippen LogP contribution in [0.15, 0.2) is 5.16 Å². The van der Waals surface area contributed by atoms with Gasteiger partial charge in [0.05, 0.1) is 0 Å². The number of hydrogen-bond donors (Lipinski definition) is 1. The zero-order chi connectivity index (χ0) is 10.8. The number of carbonyl (C=O) groups is 1. The minimum Gasteiger partial charge on any atom is -0.323 e. The first-order valence-electron chi connectivity index (χ1n) is 4.74. The van der Waals surface area contributed by atoms with Crippen LogP contribution in [-0.4, -0.2) is 24.4 Å². The highest BCUT2D eigenvalue weighted by Crippen LogP contribution is 2.09. The summed E-state index contributed by atoms with van der Waals surface area (Å²) in [7, 11) is 1.51. The maximum atomic E-state index is 10.7. The van der Waals surface area contributed by atoms with E-state index in [1.165, 1.54) is 31.7 Å². The molecule has 14 heavy (non-hydrogen) atoms. The maximum Gasteiger partial charge on any atom is 0.433 e. The molecule has 1 amide bonds. The van der Waals surface area contributed by atoms with Crippen LogP contribution in [0.4, 0.5) is 4.79 Å². The van der Waals surface area contributed by atoms with E-state index in [0.29, 0.717) is 0 Å². The lowest BCUT2D eigenvalue weighted by Gasteiger charge is -2.01. The van der Waals surface area contributed by atoms with Gasteiger partial charge in [-0.1, -0.05) is 24.9 Å². The molecule has 0 spiro atoms. The van der Waals surface area contributed by atoms with Crippen molar-refractivity contribution >= 4 is 22.9 Å². The highest BCUT2D eigenvalue weighted by Gasteiger charge is 2.00. The Hall–Kier alpha value is -0.710. The van der Waals surface area contributed by atoms with Crippen molar-refractivity contribution in [2.24, 2.45) is 5.16 Å². The first kappa shape index (κ1) is 13.3. The fourth-order valence-corrected chi connectivity index (χ4v) is 1.31. The number of unbranched alkanes of at least 4 members (excludes halogenated alkanes) is 2. The molecule has 82 valence electrons. The van der Waals surface area contributed by atoms with Crippen LogP contribution in [0.1, 0.15) is 32.6 Å². The van der Waals surface area contributed by atoms with Gasteiger partial charge >= 0.3 is 6.09 Å². The van der Waals surface area contributed by atoms with Crippen molar-refractivity contribution in [3.63, 3.8) is 0 Å². The minimum atomic E-state index is -0.521. The van der Waals surface area contributed by atoms with Crippen LogP contribution in [0.2, 0.25) is 0 Å². The Kier molecular flexibility index (Phi) is 8.42. The van der Waals surface area contributed by atoms with Crippen molar-refractivity contribution in [3.8, 4) is 0 Å². The lowest BCUT2D eigenvalue weighted by Crippen LogP contribution is -2.17. The van der Waals surface area contributed by atoms with Gasteiger partial charge in [0.1, 0.15) is 5.04 Å². The van der Waals surface area contributed by atoms with Crippen molar-refractivity contribution in [2.75, 3.05) is 13.3 Å². The van der Waals surface area contributed by atoms with Crippen LogP contribution >= 0.6 is 11.8 Å². The van der Waals surface area contributed by atoms with Gasteiger partial charge in [-0.2, -0.15) is 0 Å². The Morgan fingerprint density at radius 1 is 1.50 bits per heavy atom. The van der Waals surface area contributed by atoms with E-state index in [9.17, 15) is 4.79 Å². The number of carbonyl (C=O) groups excluding carboxylic acids is 1. The van der Waals surface area contributed by atoms with Gasteiger partial charge in [0.2, 0.25) is 0 Å². The van der Waals surface area contributed by atoms with E-state index in [2.05, 4.69) is 22.2 Å². The maximum absolute atomic E-state index is 10.7. The number of oxime groups is 1. The summed E-state index contributed by atoms with van der Waals surface area (Å²) >= 11 is 1.52. The van der Waals surface area contributed by atoms with Crippen LogP contribution in [0, 0.1) is 0 Å². The quantitative estimate of drug-likeness (QED) is 0.254. The van der Waals surface area contributed by atoms with Gasteiger partial charge in [-0.25, -0.2) is 4.79 Å². The summed E-state index contributed by atoms with van der Waals surface area (Å²) in [5.41, 5.74) is 0. The van der Waals surface area contributed by atoms with Crippen LogP contribution in [0.25, 0.3) is 0 Å². The highest BCUT2D eigenvalue weighted by molar-refractivity contribution is 8.13. The summed E-state index contributed by atoms with van der Waals surface area (Å²) in [6, 6.07) is 0. The molecule has 0 atom stereocenters. The monoisotopic (exact) mass is 218 g/mol. The van der Waals surface area contributed by atoms with E-state index < -0.39 is 6.09 Å². The molecule has 0 saturated carbocycles. The summed E-state index contributed by atoms with van der Waals surface area (Å²) in [5.74, 6) is 0. The van der Waals surface area contributed by atoms with Gasteiger partial charge in [-0.3, -0.25) is 4.84 Å². The lowest BCUT2D eigenvalue weighted by molar-refractivity contribution is 0.153. The Bertz CT molecular complexity index is 195. The second-order valence-corrected chi connectivity index (χ2v) is 3.65. The van der Waals surface area contributed by atoms with Crippen molar-refractivity contribution < 1.29 is 9.63 Å². The van der Waals surface area contributed by atoms with Gasteiger partial charge in [-0.05, 0) is 19.1 Å². The van der Waals surface area contributed by atoms with E-state index in [1.54, 1.807) is 0 Å². The second-order valence-electron chi connectivity index (χ2n) is 2.78. The smallest absolute Gasteiger partial charge is 0.323 e. The van der Waals surface area contributed by atoms with Crippen LogP contribution in [0.5, 0.6) is 0 Å². The molecule has 5 heteroatoms. The molecule has 0 bridgehead atoms. The zero-order valence-electron chi connectivity index (χ0n) is 9.00. The lowest BCUT2D eigenvalue weighted by atomic mass is 10.2. The van der Waals surface area contributed by atoms with Gasteiger partial charge < -0.3 is 5.32 Å². The Morgan fingerprint density at radius 3 is 2.71 bits per heavy atom. The minimum absolute atomic E-state index is 0.521. The third kappa shape index (κ3) is 6.77. The van der Waals surface area contributed by atoms with E-state index in [1.807, 2.05) is 6.26 Å². The number of nitrogens with one attached hydrogen (secondary N) is 1. The first-order valence-corrected chi connectivity index (χ1v) is 5.96. The fourth-order valence-electron chi connectivity index (χ4n) is 0.849. The zero-order valence-corrected chi connectivity index (χ0v) is 9.82. The first-order chi connectivity index (χ1) is 6.74. The average Bonchev–Trinajstić information content (AvgIpc) is 2.22. The van der Waals surface area contributed by atoms with Crippen LogP contribution in [0.3, 0.4) is 0 Å². The molecule has 0 aliphatic carbocycles. The molecule has 1 N–H and O–H groups in total. The molecular formula is C9H18N2O2S.